The third-order valence-electron chi connectivity index (χ3n) is 3.43. The van der Waals surface area contributed by atoms with E-state index in [0.717, 1.165) is 11.3 Å². The smallest absolute Gasteiger partial charge is 0.326 e. The van der Waals surface area contributed by atoms with Crippen molar-refractivity contribution in [1.29, 1.82) is 0 Å². The van der Waals surface area contributed by atoms with Gasteiger partial charge in [-0.1, -0.05) is 18.2 Å². The van der Waals surface area contributed by atoms with Gasteiger partial charge in [-0.15, -0.1) is 0 Å². The zero-order valence-corrected chi connectivity index (χ0v) is 11.0. The summed E-state index contributed by atoms with van der Waals surface area (Å²) in [5, 5.41) is 23.4. The van der Waals surface area contributed by atoms with E-state index >= 15 is 0 Å². The third kappa shape index (κ3) is 3.27. The molecule has 0 fully saturated rings. The fourth-order valence-electron chi connectivity index (χ4n) is 2.30. The van der Waals surface area contributed by atoms with Crippen molar-refractivity contribution in [1.82, 2.24) is 5.32 Å². The number of carboxylic acid groups (broad SMARTS) is 1. The molecule has 6 heteroatoms. The number of aliphatic carboxylic acids is 1. The number of hydrogen-bond acceptors (Lipinski definition) is 4. The first kappa shape index (κ1) is 14.3. The van der Waals surface area contributed by atoms with E-state index < -0.39 is 12.0 Å². The van der Waals surface area contributed by atoms with Crippen molar-refractivity contribution in [3.8, 4) is 0 Å². The number of amides is 1. The van der Waals surface area contributed by atoms with Crippen LogP contribution < -0.4 is 10.6 Å². The van der Waals surface area contributed by atoms with Gasteiger partial charge in [0, 0.05) is 25.3 Å². The van der Waals surface area contributed by atoms with Crippen molar-refractivity contribution in [2.24, 2.45) is 5.92 Å². The zero-order chi connectivity index (χ0) is 14.5. The normalized spacial score (nSPS) is 18.6. The number of anilines is 1. The Labute approximate surface area is 116 Å². The van der Waals surface area contributed by atoms with Crippen LogP contribution in [0.25, 0.3) is 0 Å². The molecule has 1 amide bonds. The summed E-state index contributed by atoms with van der Waals surface area (Å²) in [6, 6.07) is 6.70. The number of hydrogen-bond donors (Lipinski definition) is 4. The number of rotatable bonds is 5. The summed E-state index contributed by atoms with van der Waals surface area (Å²) in [4.78, 5) is 23.1. The van der Waals surface area contributed by atoms with Gasteiger partial charge in [0.1, 0.15) is 6.04 Å². The van der Waals surface area contributed by atoms with Crippen molar-refractivity contribution in [2.75, 3.05) is 18.5 Å². The Kier molecular flexibility index (Phi) is 4.57. The van der Waals surface area contributed by atoms with Crippen LogP contribution in [0.5, 0.6) is 0 Å². The van der Waals surface area contributed by atoms with Crippen LogP contribution in [0.4, 0.5) is 5.69 Å². The van der Waals surface area contributed by atoms with E-state index in [0.29, 0.717) is 13.0 Å². The van der Waals surface area contributed by atoms with E-state index in [1.165, 1.54) is 0 Å². The summed E-state index contributed by atoms with van der Waals surface area (Å²) < 4.78 is 0. The summed E-state index contributed by atoms with van der Waals surface area (Å²) in [6.45, 7) is 0.206. The molecule has 1 aromatic rings. The van der Waals surface area contributed by atoms with Gasteiger partial charge in [0.2, 0.25) is 5.91 Å². The lowest BCUT2D eigenvalue weighted by atomic mass is 9.93. The molecule has 1 aromatic carbocycles. The lowest BCUT2D eigenvalue weighted by Crippen LogP contribution is -2.46. The Morgan fingerprint density at radius 3 is 2.85 bits per heavy atom. The van der Waals surface area contributed by atoms with Crippen LogP contribution in [-0.4, -0.2) is 41.3 Å². The number of carbonyl (C=O) groups excluding carboxylic acids is 1. The van der Waals surface area contributed by atoms with E-state index in [1.807, 2.05) is 24.3 Å². The Hall–Kier alpha value is -2.08. The molecule has 0 aromatic heterocycles. The lowest BCUT2D eigenvalue weighted by molar-refractivity contribution is -0.142. The summed E-state index contributed by atoms with van der Waals surface area (Å²) >= 11 is 0. The quantitative estimate of drug-likeness (QED) is 0.617. The van der Waals surface area contributed by atoms with Gasteiger partial charge < -0.3 is 20.8 Å². The molecule has 0 saturated carbocycles. The molecular weight excluding hydrogens is 260 g/mol. The standard InChI is InChI=1S/C14H18N2O4/c17-6-5-12(14(19)20)16-13(18)10-7-9-3-1-2-4-11(9)15-8-10/h1-4,10,12,15,17H,5-8H2,(H,16,18)(H,19,20). The van der Waals surface area contributed by atoms with Crippen LogP contribution in [0.1, 0.15) is 12.0 Å². The highest BCUT2D eigenvalue weighted by Gasteiger charge is 2.27. The van der Waals surface area contributed by atoms with E-state index in [1.54, 1.807) is 0 Å². The first-order chi connectivity index (χ1) is 9.61. The van der Waals surface area contributed by atoms with Gasteiger partial charge in [-0.2, -0.15) is 0 Å². The fraction of sp³-hybridized carbons (Fsp3) is 0.429. The number of carboxylic acids is 1. The van der Waals surface area contributed by atoms with Crippen molar-refractivity contribution in [3.05, 3.63) is 29.8 Å². The topological polar surface area (TPSA) is 98.7 Å². The third-order valence-corrected chi connectivity index (χ3v) is 3.43. The van der Waals surface area contributed by atoms with E-state index in [2.05, 4.69) is 10.6 Å². The van der Waals surface area contributed by atoms with Crippen LogP contribution in [0, 0.1) is 5.92 Å². The number of nitrogens with one attached hydrogen (secondary N) is 2. The summed E-state index contributed by atoms with van der Waals surface area (Å²) in [7, 11) is 0. The molecule has 108 valence electrons. The van der Waals surface area contributed by atoms with E-state index in [9.17, 15) is 9.59 Å². The maximum Gasteiger partial charge on any atom is 0.326 e. The largest absolute Gasteiger partial charge is 0.480 e. The number of fused-ring (bicyclic) bond motifs is 1. The number of carbonyl (C=O) groups is 2. The maximum atomic E-state index is 12.1. The van der Waals surface area contributed by atoms with Crippen molar-refractivity contribution < 1.29 is 19.8 Å². The van der Waals surface area contributed by atoms with Crippen LogP contribution in [0.3, 0.4) is 0 Å². The summed E-state index contributed by atoms with van der Waals surface area (Å²) in [5.74, 6) is -1.73. The van der Waals surface area contributed by atoms with Crippen LogP contribution in [0.15, 0.2) is 24.3 Å². The number of aliphatic hydroxyl groups is 1. The summed E-state index contributed by atoms with van der Waals surface area (Å²) in [6.07, 6.45) is 0.596. The molecule has 1 aliphatic rings. The minimum absolute atomic E-state index is 0.0117. The summed E-state index contributed by atoms with van der Waals surface area (Å²) in [5.41, 5.74) is 2.06. The highest BCUT2D eigenvalue weighted by Crippen LogP contribution is 2.24. The van der Waals surface area contributed by atoms with Gasteiger partial charge in [0.25, 0.3) is 0 Å². The molecule has 20 heavy (non-hydrogen) atoms. The number of benzene rings is 1. The fourth-order valence-corrected chi connectivity index (χ4v) is 2.30. The molecule has 4 N–H and O–H groups in total. The second-order valence-electron chi connectivity index (χ2n) is 4.85. The zero-order valence-electron chi connectivity index (χ0n) is 11.0. The van der Waals surface area contributed by atoms with Gasteiger partial charge in [0.05, 0.1) is 5.92 Å². The molecular formula is C14H18N2O4. The lowest BCUT2D eigenvalue weighted by Gasteiger charge is -2.26. The molecule has 2 rings (SSSR count). The van der Waals surface area contributed by atoms with Crippen molar-refractivity contribution in [3.63, 3.8) is 0 Å². The molecule has 6 nitrogen and oxygen atoms in total. The van der Waals surface area contributed by atoms with Crippen molar-refractivity contribution in [2.45, 2.75) is 18.9 Å². The second kappa shape index (κ2) is 6.38. The Morgan fingerprint density at radius 1 is 1.40 bits per heavy atom. The highest BCUT2D eigenvalue weighted by molar-refractivity contribution is 5.86. The van der Waals surface area contributed by atoms with Gasteiger partial charge in [-0.25, -0.2) is 4.79 Å². The molecule has 2 unspecified atom stereocenters. The Bertz CT molecular complexity index is 504. The first-order valence-corrected chi connectivity index (χ1v) is 6.57. The van der Waals surface area contributed by atoms with Crippen LogP contribution in [0.2, 0.25) is 0 Å². The van der Waals surface area contributed by atoms with Gasteiger partial charge in [-0.05, 0) is 18.1 Å². The minimum Gasteiger partial charge on any atom is -0.480 e. The Morgan fingerprint density at radius 2 is 2.15 bits per heavy atom. The molecule has 1 aliphatic heterocycles. The molecule has 1 heterocycles. The predicted molar refractivity (Wildman–Crippen MR) is 73.4 cm³/mol. The van der Waals surface area contributed by atoms with Crippen LogP contribution >= 0.6 is 0 Å². The first-order valence-electron chi connectivity index (χ1n) is 6.57. The van der Waals surface area contributed by atoms with Crippen LogP contribution in [-0.2, 0) is 16.0 Å². The maximum absolute atomic E-state index is 12.1. The predicted octanol–water partition coefficient (Wildman–Crippen LogP) is 0.223. The highest BCUT2D eigenvalue weighted by atomic mass is 16.4. The van der Waals surface area contributed by atoms with Crippen molar-refractivity contribution >= 4 is 17.6 Å². The average Bonchev–Trinajstić information content (AvgIpc) is 2.46. The monoisotopic (exact) mass is 278 g/mol. The molecule has 0 saturated heterocycles. The molecule has 0 spiro atoms. The van der Waals surface area contributed by atoms with E-state index in [-0.39, 0.29) is 24.9 Å². The number of para-hydroxylation sites is 1. The van der Waals surface area contributed by atoms with Gasteiger partial charge in [0.15, 0.2) is 0 Å². The molecule has 2 atom stereocenters. The molecule has 0 bridgehead atoms. The number of aliphatic hydroxyl groups excluding tert-OH is 1. The molecule has 0 aliphatic carbocycles. The minimum atomic E-state index is -1.13. The average molecular weight is 278 g/mol. The Balaban J connectivity index is 1.99. The SMILES string of the molecule is O=C(NC(CCO)C(=O)O)C1CNc2ccccc2C1. The molecule has 0 radical (unpaired) electrons. The second-order valence-corrected chi connectivity index (χ2v) is 4.85. The van der Waals surface area contributed by atoms with Gasteiger partial charge >= 0.3 is 5.97 Å². The van der Waals surface area contributed by atoms with E-state index in [4.69, 9.17) is 10.2 Å². The van der Waals surface area contributed by atoms with Gasteiger partial charge in [-0.3, -0.25) is 4.79 Å².